The van der Waals surface area contributed by atoms with Crippen molar-refractivity contribution < 1.29 is 20.0 Å². The summed E-state index contributed by atoms with van der Waals surface area (Å²) in [5.74, 6) is 4.19. The monoisotopic (exact) mass is 357 g/mol. The molecule has 146 valence electrons. The van der Waals surface area contributed by atoms with Crippen molar-refractivity contribution in [3.8, 4) is 0 Å². The van der Waals surface area contributed by atoms with Crippen LogP contribution in [0.4, 0.5) is 0 Å². The third kappa shape index (κ3) is 14.6. The Kier molecular flexibility index (Phi) is 16.3. The summed E-state index contributed by atoms with van der Waals surface area (Å²) >= 11 is 0. The summed E-state index contributed by atoms with van der Waals surface area (Å²) in [6.45, 7) is 0.888. The van der Waals surface area contributed by atoms with Crippen LogP contribution in [0.1, 0.15) is 89.9 Å². The average Bonchev–Trinajstić information content (AvgIpc) is 2.93. The van der Waals surface area contributed by atoms with Gasteiger partial charge in [-0.15, -0.1) is 0 Å². The largest absolute Gasteiger partial charge is 0.411 e. The maximum Gasteiger partial charge on any atom is 0.219 e. The van der Waals surface area contributed by atoms with Crippen LogP contribution < -0.4 is 11.2 Å². The van der Waals surface area contributed by atoms with E-state index in [2.05, 4.69) is 16.4 Å². The van der Waals surface area contributed by atoms with E-state index >= 15 is 0 Å². The molecule has 0 atom stereocenters. The van der Waals surface area contributed by atoms with Crippen molar-refractivity contribution in [3.05, 3.63) is 0 Å². The fourth-order valence-electron chi connectivity index (χ4n) is 2.91. The molecule has 7 heteroatoms. The van der Waals surface area contributed by atoms with Crippen molar-refractivity contribution in [3.63, 3.8) is 0 Å². The van der Waals surface area contributed by atoms with Gasteiger partial charge in [-0.05, 0) is 51.4 Å². The van der Waals surface area contributed by atoms with Crippen LogP contribution in [0.2, 0.25) is 0 Å². The number of Topliss-reactive ketones (excluding diaryl/α,β-unsaturated/α-hetero) is 1. The van der Waals surface area contributed by atoms with Crippen molar-refractivity contribution in [2.24, 2.45) is 11.1 Å². The number of nitrogens with zero attached hydrogens (tertiary/aromatic N) is 1. The second-order valence-corrected chi connectivity index (χ2v) is 6.49. The van der Waals surface area contributed by atoms with Crippen LogP contribution in [0.15, 0.2) is 5.16 Å². The molecule has 0 aromatic carbocycles. The van der Waals surface area contributed by atoms with Crippen LogP contribution in [0, 0.1) is 0 Å². The topological polar surface area (TPSA) is 125 Å². The lowest BCUT2D eigenvalue weighted by atomic mass is 9.99. The first-order valence-corrected chi connectivity index (χ1v) is 9.46. The summed E-state index contributed by atoms with van der Waals surface area (Å²) < 4.78 is 0. The molecule has 7 nitrogen and oxygen atoms in total. The van der Waals surface area contributed by atoms with Gasteiger partial charge in [0.25, 0.3) is 0 Å². The van der Waals surface area contributed by atoms with Gasteiger partial charge >= 0.3 is 0 Å². The normalized spacial score (nSPS) is 20.2. The smallest absolute Gasteiger partial charge is 0.219 e. The molecule has 1 aliphatic heterocycles. The molecule has 0 spiro atoms. The fourth-order valence-corrected chi connectivity index (χ4v) is 2.91. The minimum absolute atomic E-state index is 0.225. The molecule has 0 aromatic rings. The van der Waals surface area contributed by atoms with Crippen molar-refractivity contribution in [1.29, 1.82) is 0 Å². The van der Waals surface area contributed by atoms with Gasteiger partial charge in [-0.3, -0.25) is 9.59 Å². The summed E-state index contributed by atoms with van der Waals surface area (Å²) in [7, 11) is 0. The summed E-state index contributed by atoms with van der Waals surface area (Å²) in [6, 6.07) is 0. The van der Waals surface area contributed by atoms with Gasteiger partial charge in [0.05, 0.1) is 5.71 Å². The molecule has 3 fully saturated rings. The summed E-state index contributed by atoms with van der Waals surface area (Å²) in [5.41, 5.74) is 0.983. The lowest BCUT2D eigenvalue weighted by Gasteiger charge is -2.08. The van der Waals surface area contributed by atoms with Crippen LogP contribution >= 0.6 is 0 Å². The quantitative estimate of drug-likeness (QED) is 0.391. The lowest BCUT2D eigenvalue weighted by molar-refractivity contribution is -0.121. The van der Waals surface area contributed by atoms with Crippen LogP contribution in [-0.4, -0.2) is 34.4 Å². The van der Waals surface area contributed by atoms with Crippen molar-refractivity contribution >= 4 is 17.4 Å². The van der Waals surface area contributed by atoms with Crippen LogP contribution in [0.5, 0.6) is 0 Å². The molecule has 0 bridgehead atoms. The predicted octanol–water partition coefficient (Wildman–Crippen LogP) is 3.31. The third-order valence-electron chi connectivity index (χ3n) is 4.39. The molecule has 3 rings (SSSR count). The van der Waals surface area contributed by atoms with Gasteiger partial charge < -0.3 is 15.7 Å². The number of carbonyl (C=O) groups excluding carboxylic acids is 2. The van der Waals surface area contributed by atoms with Gasteiger partial charge in [0.15, 0.2) is 0 Å². The van der Waals surface area contributed by atoms with E-state index in [0.29, 0.717) is 5.78 Å². The number of ketones is 1. The molecule has 5 N–H and O–H groups in total. The summed E-state index contributed by atoms with van der Waals surface area (Å²) in [4.78, 5) is 21.0. The maximum absolute atomic E-state index is 10.6. The zero-order valence-electron chi connectivity index (χ0n) is 15.3. The number of rotatable bonds is 0. The highest BCUT2D eigenvalue weighted by Crippen LogP contribution is 2.14. The highest BCUT2D eigenvalue weighted by Gasteiger charge is 2.06. The van der Waals surface area contributed by atoms with Gasteiger partial charge in [0.1, 0.15) is 5.78 Å². The number of amides is 1. The number of oxime groups is 1. The number of carbonyl (C=O) groups is 2. The minimum Gasteiger partial charge on any atom is -0.411 e. The fraction of sp³-hybridized carbons (Fsp3) is 0.833. The first-order valence-electron chi connectivity index (χ1n) is 9.46. The molecule has 25 heavy (non-hydrogen) atoms. The Morgan fingerprint density at radius 2 is 1.20 bits per heavy atom. The molecular weight excluding hydrogens is 322 g/mol. The van der Waals surface area contributed by atoms with E-state index in [0.717, 1.165) is 70.0 Å². The zero-order chi connectivity index (χ0) is 18.8. The number of nitrogens with two attached hydrogens (primary N) is 1. The number of hydrogen-bond donors (Lipinski definition) is 4. The molecule has 0 aromatic heterocycles. The molecule has 1 saturated heterocycles. The average molecular weight is 357 g/mol. The second kappa shape index (κ2) is 17.4. The van der Waals surface area contributed by atoms with Crippen molar-refractivity contribution in [2.45, 2.75) is 89.9 Å². The molecule has 1 heterocycles. The van der Waals surface area contributed by atoms with E-state index in [4.69, 9.17) is 10.4 Å². The van der Waals surface area contributed by atoms with E-state index in [9.17, 15) is 9.59 Å². The van der Waals surface area contributed by atoms with Crippen molar-refractivity contribution in [1.82, 2.24) is 5.32 Å². The second-order valence-electron chi connectivity index (χ2n) is 6.49. The van der Waals surface area contributed by atoms with Gasteiger partial charge in [-0.1, -0.05) is 24.4 Å². The third-order valence-corrected chi connectivity index (χ3v) is 4.39. The predicted molar refractivity (Wildman–Crippen MR) is 97.9 cm³/mol. The molecular formula is C18H35N3O4. The highest BCUT2D eigenvalue weighted by molar-refractivity contribution is 5.84. The van der Waals surface area contributed by atoms with Gasteiger partial charge in [-0.2, -0.15) is 0 Å². The maximum atomic E-state index is 10.6. The Bertz CT molecular complexity index is 361. The van der Waals surface area contributed by atoms with E-state index < -0.39 is 0 Å². The van der Waals surface area contributed by atoms with E-state index in [-0.39, 0.29) is 5.91 Å². The van der Waals surface area contributed by atoms with E-state index in [1.165, 1.54) is 32.1 Å². The van der Waals surface area contributed by atoms with Crippen LogP contribution in [0.25, 0.3) is 0 Å². The molecule has 2 aliphatic carbocycles. The molecule has 3 aliphatic rings. The Labute approximate surface area is 151 Å². The zero-order valence-corrected chi connectivity index (χ0v) is 15.3. The van der Waals surface area contributed by atoms with Gasteiger partial charge in [-0.25, -0.2) is 5.90 Å². The first-order chi connectivity index (χ1) is 12.2. The Hall–Kier alpha value is -1.47. The Balaban J connectivity index is 0.000000330. The summed E-state index contributed by atoms with van der Waals surface area (Å²) in [5, 5.41) is 20.7. The lowest BCUT2D eigenvalue weighted by Crippen LogP contribution is -2.21. The molecule has 1 amide bonds. The Morgan fingerprint density at radius 3 is 1.64 bits per heavy atom. The van der Waals surface area contributed by atoms with E-state index in [1.807, 2.05) is 0 Å². The van der Waals surface area contributed by atoms with E-state index in [1.54, 1.807) is 0 Å². The SMILES string of the molecule is NO.O=C1CCCCC1.O=C1CCCCCN1.ON=C1CCCCC1. The summed E-state index contributed by atoms with van der Waals surface area (Å²) in [6.07, 6.45) is 15.2. The molecule has 0 unspecified atom stereocenters. The van der Waals surface area contributed by atoms with Crippen LogP contribution in [-0.2, 0) is 9.59 Å². The number of hydrogen-bond acceptors (Lipinski definition) is 6. The minimum atomic E-state index is 0.225. The number of nitrogens with one attached hydrogen (secondary N) is 1. The molecule has 0 radical (unpaired) electrons. The highest BCUT2D eigenvalue weighted by atomic mass is 16.4. The first kappa shape index (κ1) is 23.5. The van der Waals surface area contributed by atoms with Gasteiger partial charge in [0, 0.05) is 25.8 Å². The van der Waals surface area contributed by atoms with Crippen molar-refractivity contribution in [2.75, 3.05) is 6.54 Å². The molecule has 2 saturated carbocycles. The standard InChI is InChI=1S/2C6H11NO.C6H10O.H3NO/c8-6-4-2-1-3-5-7-6;8-7-6-4-2-1-3-5-6;7-6-4-2-1-3-5-6;1-2/h1-5H2,(H,7,8);8H,1-5H2;1-5H2;2H,1H2. The van der Waals surface area contributed by atoms with Crippen LogP contribution in [0.3, 0.4) is 0 Å². The Morgan fingerprint density at radius 1 is 0.720 bits per heavy atom. The van der Waals surface area contributed by atoms with Gasteiger partial charge in [0.2, 0.25) is 5.91 Å².